The smallest absolute Gasteiger partial charge is 0.312 e. The average molecular weight is 340 g/mol. The second-order valence-electron chi connectivity index (χ2n) is 6.00. The highest BCUT2D eigenvalue weighted by Gasteiger charge is 2.45. The average Bonchev–Trinajstić information content (AvgIpc) is 2.10. The largest absolute Gasteiger partial charge is 0.464 e. The van der Waals surface area contributed by atoms with E-state index in [0.717, 1.165) is 10.8 Å². The predicted molar refractivity (Wildman–Crippen MR) is 76.9 cm³/mol. The molecule has 0 saturated carbocycles. The monoisotopic (exact) mass is 340 g/mol. The summed E-state index contributed by atoms with van der Waals surface area (Å²) < 4.78 is 6.19. The molecule has 0 aromatic carbocycles. The number of carbonyl (C=O) groups excluding carboxylic acids is 1. The van der Waals surface area contributed by atoms with Gasteiger partial charge in [0.15, 0.2) is 0 Å². The van der Waals surface area contributed by atoms with Crippen LogP contribution in [0, 0.1) is 16.7 Å². The molecule has 2 nitrogen and oxygen atoms in total. The second kappa shape index (κ2) is 6.22. The van der Waals surface area contributed by atoms with E-state index in [0.29, 0.717) is 12.5 Å². The van der Waals surface area contributed by atoms with E-state index in [1.165, 1.54) is 0 Å². The van der Waals surface area contributed by atoms with Crippen LogP contribution < -0.4 is 0 Å². The van der Waals surface area contributed by atoms with Crippen LogP contribution in [-0.4, -0.2) is 17.0 Å². The standard InChI is InChI=1S/C13H25IO2/c1-10(2)9-13(6,12(3,4)5)11(15)16-8-7-14/h10H,7-9H2,1-6H3. The van der Waals surface area contributed by atoms with Gasteiger partial charge in [0, 0.05) is 4.43 Å². The third-order valence-electron chi connectivity index (χ3n) is 3.23. The van der Waals surface area contributed by atoms with Crippen molar-refractivity contribution in [2.75, 3.05) is 11.0 Å². The van der Waals surface area contributed by atoms with Crippen molar-refractivity contribution >= 4 is 28.6 Å². The molecule has 96 valence electrons. The van der Waals surface area contributed by atoms with Crippen molar-refractivity contribution in [2.24, 2.45) is 16.7 Å². The van der Waals surface area contributed by atoms with Gasteiger partial charge in [-0.05, 0) is 24.7 Å². The first-order valence-electron chi connectivity index (χ1n) is 5.88. The van der Waals surface area contributed by atoms with Gasteiger partial charge in [0.05, 0.1) is 5.41 Å². The van der Waals surface area contributed by atoms with Crippen molar-refractivity contribution in [3.63, 3.8) is 0 Å². The van der Waals surface area contributed by atoms with Gasteiger partial charge in [0.2, 0.25) is 0 Å². The molecule has 0 heterocycles. The number of alkyl halides is 1. The number of hydrogen-bond acceptors (Lipinski definition) is 2. The molecule has 0 bridgehead atoms. The Hall–Kier alpha value is 0.200. The number of ether oxygens (including phenoxy) is 1. The maximum Gasteiger partial charge on any atom is 0.312 e. The second-order valence-corrected chi connectivity index (χ2v) is 7.08. The number of rotatable bonds is 5. The fourth-order valence-electron chi connectivity index (χ4n) is 1.80. The summed E-state index contributed by atoms with van der Waals surface area (Å²) in [4.78, 5) is 12.2. The third-order valence-corrected chi connectivity index (χ3v) is 3.67. The Labute approximate surface area is 114 Å². The van der Waals surface area contributed by atoms with E-state index in [1.54, 1.807) is 0 Å². The Balaban J connectivity index is 4.86. The van der Waals surface area contributed by atoms with Crippen molar-refractivity contribution < 1.29 is 9.53 Å². The molecule has 0 aromatic rings. The topological polar surface area (TPSA) is 26.3 Å². The molecular formula is C13H25IO2. The molecule has 0 N–H and O–H groups in total. The highest BCUT2D eigenvalue weighted by molar-refractivity contribution is 14.1. The minimum Gasteiger partial charge on any atom is -0.464 e. The normalized spacial score (nSPS) is 16.0. The van der Waals surface area contributed by atoms with Gasteiger partial charge in [-0.2, -0.15) is 0 Å². The lowest BCUT2D eigenvalue weighted by atomic mass is 9.64. The predicted octanol–water partition coefficient (Wildman–Crippen LogP) is 4.06. The molecule has 0 fully saturated rings. The molecule has 0 radical (unpaired) electrons. The zero-order chi connectivity index (χ0) is 13.0. The molecule has 16 heavy (non-hydrogen) atoms. The summed E-state index contributed by atoms with van der Waals surface area (Å²) in [6, 6.07) is 0. The lowest BCUT2D eigenvalue weighted by Gasteiger charge is -2.40. The van der Waals surface area contributed by atoms with Crippen molar-refractivity contribution in [3.8, 4) is 0 Å². The Kier molecular flexibility index (Phi) is 6.30. The van der Waals surface area contributed by atoms with E-state index >= 15 is 0 Å². The van der Waals surface area contributed by atoms with Crippen molar-refractivity contribution in [3.05, 3.63) is 0 Å². The fourth-order valence-corrected chi connectivity index (χ4v) is 2.02. The van der Waals surface area contributed by atoms with Gasteiger partial charge in [-0.15, -0.1) is 0 Å². The SMILES string of the molecule is CC(C)CC(C)(C(=O)OCCI)C(C)(C)C. The Morgan fingerprint density at radius 3 is 2.06 bits per heavy atom. The molecule has 0 saturated heterocycles. The lowest BCUT2D eigenvalue weighted by Crippen LogP contribution is -2.42. The van der Waals surface area contributed by atoms with E-state index in [1.807, 2.05) is 6.92 Å². The van der Waals surface area contributed by atoms with Crippen LogP contribution in [0.25, 0.3) is 0 Å². The van der Waals surface area contributed by atoms with E-state index in [9.17, 15) is 4.79 Å². The molecule has 0 aromatic heterocycles. The highest BCUT2D eigenvalue weighted by Crippen LogP contribution is 2.44. The van der Waals surface area contributed by atoms with Crippen LogP contribution in [0.1, 0.15) is 48.0 Å². The van der Waals surface area contributed by atoms with Crippen LogP contribution in [0.4, 0.5) is 0 Å². The summed E-state index contributed by atoms with van der Waals surface area (Å²) in [5.74, 6) is 0.446. The van der Waals surface area contributed by atoms with Gasteiger partial charge < -0.3 is 4.74 Å². The molecule has 3 heteroatoms. The summed E-state index contributed by atoms with van der Waals surface area (Å²) in [7, 11) is 0. The third kappa shape index (κ3) is 4.22. The van der Waals surface area contributed by atoms with Crippen molar-refractivity contribution in [1.82, 2.24) is 0 Å². The quantitative estimate of drug-likeness (QED) is 0.429. The van der Waals surface area contributed by atoms with Crippen molar-refractivity contribution in [1.29, 1.82) is 0 Å². The first-order valence-corrected chi connectivity index (χ1v) is 7.41. The first kappa shape index (κ1) is 16.2. The van der Waals surface area contributed by atoms with Gasteiger partial charge in [0.1, 0.15) is 6.61 Å². The Morgan fingerprint density at radius 2 is 1.75 bits per heavy atom. The number of halogens is 1. The molecule has 0 rings (SSSR count). The summed E-state index contributed by atoms with van der Waals surface area (Å²) in [5.41, 5.74) is -0.466. The summed E-state index contributed by atoms with van der Waals surface area (Å²) in [5, 5.41) is 0. The fraction of sp³-hybridized carbons (Fsp3) is 0.923. The minimum absolute atomic E-state index is 0.0506. The van der Waals surface area contributed by atoms with E-state index in [4.69, 9.17) is 4.74 Å². The van der Waals surface area contributed by atoms with Crippen LogP contribution in [0.5, 0.6) is 0 Å². The van der Waals surface area contributed by atoms with Crippen LogP contribution >= 0.6 is 22.6 Å². The summed E-state index contributed by atoms with van der Waals surface area (Å²) >= 11 is 2.22. The first-order chi connectivity index (χ1) is 7.15. The van der Waals surface area contributed by atoms with Crippen LogP contribution in [0.2, 0.25) is 0 Å². The summed E-state index contributed by atoms with van der Waals surface area (Å²) in [6.07, 6.45) is 0.872. The molecule has 0 aliphatic heterocycles. The van der Waals surface area contributed by atoms with Crippen LogP contribution in [0.3, 0.4) is 0 Å². The molecule has 0 spiro atoms. The maximum atomic E-state index is 12.2. The lowest BCUT2D eigenvalue weighted by molar-refractivity contribution is -0.162. The van der Waals surface area contributed by atoms with Gasteiger partial charge in [-0.1, -0.05) is 57.2 Å². The molecule has 0 amide bonds. The minimum atomic E-state index is -0.396. The number of hydrogen-bond donors (Lipinski definition) is 0. The molecule has 1 unspecified atom stereocenters. The molecular weight excluding hydrogens is 315 g/mol. The zero-order valence-electron chi connectivity index (χ0n) is 11.4. The van der Waals surface area contributed by atoms with Crippen molar-refractivity contribution in [2.45, 2.75) is 48.0 Å². The number of carbonyl (C=O) groups is 1. The van der Waals surface area contributed by atoms with E-state index in [2.05, 4.69) is 57.2 Å². The number of esters is 1. The molecule has 1 atom stereocenters. The Bertz CT molecular complexity index is 231. The van der Waals surface area contributed by atoms with Crippen LogP contribution in [0.15, 0.2) is 0 Å². The van der Waals surface area contributed by atoms with Gasteiger partial charge in [0.25, 0.3) is 0 Å². The zero-order valence-corrected chi connectivity index (χ0v) is 13.6. The van der Waals surface area contributed by atoms with Gasteiger partial charge >= 0.3 is 5.97 Å². The Morgan fingerprint density at radius 1 is 1.25 bits per heavy atom. The maximum absolute atomic E-state index is 12.2. The van der Waals surface area contributed by atoms with Crippen LogP contribution in [-0.2, 0) is 9.53 Å². The summed E-state index contributed by atoms with van der Waals surface area (Å²) in [6.45, 7) is 13.2. The highest BCUT2D eigenvalue weighted by atomic mass is 127. The van der Waals surface area contributed by atoms with E-state index in [-0.39, 0.29) is 11.4 Å². The van der Waals surface area contributed by atoms with Gasteiger partial charge in [-0.25, -0.2) is 0 Å². The van der Waals surface area contributed by atoms with Gasteiger partial charge in [-0.3, -0.25) is 4.79 Å². The van der Waals surface area contributed by atoms with E-state index < -0.39 is 5.41 Å². The molecule has 0 aliphatic rings. The molecule has 0 aliphatic carbocycles.